The van der Waals surface area contributed by atoms with Crippen LogP contribution in [0.2, 0.25) is 0 Å². The van der Waals surface area contributed by atoms with E-state index in [4.69, 9.17) is 13.9 Å². The minimum atomic E-state index is -0.130. The lowest BCUT2D eigenvalue weighted by atomic mass is 10.1. The zero-order chi connectivity index (χ0) is 21.8. The Labute approximate surface area is 181 Å². The Morgan fingerprint density at radius 3 is 2.35 bits per heavy atom. The van der Waals surface area contributed by atoms with Crippen LogP contribution in [0, 0.1) is 6.92 Å². The number of carbonyl (C=O) groups is 1. The van der Waals surface area contributed by atoms with Crippen LogP contribution in [0.25, 0.3) is 11.1 Å². The highest BCUT2D eigenvalue weighted by Gasteiger charge is 2.19. The van der Waals surface area contributed by atoms with Crippen LogP contribution in [-0.2, 0) is 13.0 Å². The zero-order valence-electron chi connectivity index (χ0n) is 18.0. The molecular weight excluding hydrogens is 392 g/mol. The van der Waals surface area contributed by atoms with E-state index in [0.717, 1.165) is 23.3 Å². The number of carbonyl (C=O) groups excluding carboxylic acids is 1. The van der Waals surface area contributed by atoms with E-state index in [2.05, 4.69) is 17.4 Å². The smallest absolute Gasteiger partial charge is 0.268 e. The molecule has 1 N–H and O–H groups in total. The summed E-state index contributed by atoms with van der Waals surface area (Å²) < 4.78 is 18.5. The van der Waals surface area contributed by atoms with Crippen molar-refractivity contribution in [3.63, 3.8) is 0 Å². The zero-order valence-corrected chi connectivity index (χ0v) is 18.0. The third-order valence-electron chi connectivity index (χ3n) is 5.24. The fourth-order valence-corrected chi connectivity index (χ4v) is 3.72. The Hall–Kier alpha value is -3.67. The molecule has 0 atom stereocenters. The van der Waals surface area contributed by atoms with Crippen molar-refractivity contribution in [2.75, 3.05) is 20.8 Å². The molecule has 31 heavy (non-hydrogen) atoms. The number of hydrogen-bond donors (Lipinski definition) is 1. The van der Waals surface area contributed by atoms with Gasteiger partial charge in [0.1, 0.15) is 23.0 Å². The van der Waals surface area contributed by atoms with Gasteiger partial charge >= 0.3 is 0 Å². The third-order valence-corrected chi connectivity index (χ3v) is 5.24. The summed E-state index contributed by atoms with van der Waals surface area (Å²) in [6, 6.07) is 19.6. The summed E-state index contributed by atoms with van der Waals surface area (Å²) in [5.74, 6) is 2.08. The summed E-state index contributed by atoms with van der Waals surface area (Å²) in [5, 5.41) is 3.03. The molecule has 0 fully saturated rings. The van der Waals surface area contributed by atoms with Crippen molar-refractivity contribution in [3.8, 4) is 11.5 Å². The van der Waals surface area contributed by atoms with Crippen molar-refractivity contribution in [2.45, 2.75) is 19.9 Å². The first-order chi connectivity index (χ1) is 15.1. The van der Waals surface area contributed by atoms with E-state index in [0.29, 0.717) is 35.9 Å². The fraction of sp³-hybridized carbons (Fsp3) is 0.240. The highest BCUT2D eigenvalue weighted by atomic mass is 16.5. The number of amides is 1. The molecular formula is C25H26N2O4. The maximum Gasteiger partial charge on any atom is 0.268 e. The van der Waals surface area contributed by atoms with Gasteiger partial charge in [-0.2, -0.15) is 0 Å². The monoisotopic (exact) mass is 418 g/mol. The van der Waals surface area contributed by atoms with Gasteiger partial charge in [0, 0.05) is 31.3 Å². The number of nitrogens with zero attached hydrogens (tertiary/aromatic N) is 1. The Balaban J connectivity index is 1.60. The minimum Gasteiger partial charge on any atom is -0.497 e. The van der Waals surface area contributed by atoms with Gasteiger partial charge in [0.2, 0.25) is 0 Å². The maximum absolute atomic E-state index is 13.0. The molecule has 0 aliphatic carbocycles. The first kappa shape index (κ1) is 20.6. The van der Waals surface area contributed by atoms with E-state index in [1.54, 1.807) is 20.3 Å². The SMILES string of the molecule is COc1cc(Cn2c(C(=O)NCCc3ccccc3)cc3oc(C)cc32)cc(OC)c1. The standard InChI is InChI=1S/C25H26N2O4/c1-17-11-22-24(31-17)15-23(25(28)26-10-9-18-7-5-4-6-8-18)27(22)16-19-12-20(29-2)14-21(13-19)30-3/h4-8,11-15H,9-10,16H2,1-3H3,(H,26,28). The second-order valence-corrected chi connectivity index (χ2v) is 7.43. The molecule has 2 heterocycles. The number of ether oxygens (including phenoxy) is 2. The van der Waals surface area contributed by atoms with Crippen LogP contribution in [-0.4, -0.2) is 31.2 Å². The fourth-order valence-electron chi connectivity index (χ4n) is 3.72. The van der Waals surface area contributed by atoms with Crippen LogP contribution in [0.15, 0.2) is 65.1 Å². The van der Waals surface area contributed by atoms with Crippen molar-refractivity contribution in [3.05, 3.63) is 83.2 Å². The van der Waals surface area contributed by atoms with Crippen molar-refractivity contribution >= 4 is 17.0 Å². The molecule has 4 rings (SSSR count). The number of furan rings is 1. The summed E-state index contributed by atoms with van der Waals surface area (Å²) in [4.78, 5) is 13.0. The van der Waals surface area contributed by atoms with E-state index >= 15 is 0 Å². The second-order valence-electron chi connectivity index (χ2n) is 7.43. The van der Waals surface area contributed by atoms with Gasteiger partial charge in [-0.1, -0.05) is 30.3 Å². The van der Waals surface area contributed by atoms with Crippen LogP contribution in [0.5, 0.6) is 11.5 Å². The van der Waals surface area contributed by atoms with Gasteiger partial charge < -0.3 is 23.8 Å². The lowest BCUT2D eigenvalue weighted by Gasteiger charge is -2.13. The van der Waals surface area contributed by atoms with Crippen molar-refractivity contribution in [1.82, 2.24) is 9.88 Å². The average molecular weight is 418 g/mol. The van der Waals surface area contributed by atoms with Gasteiger partial charge in [0.25, 0.3) is 5.91 Å². The molecule has 6 heteroatoms. The van der Waals surface area contributed by atoms with E-state index in [-0.39, 0.29) is 5.91 Å². The summed E-state index contributed by atoms with van der Waals surface area (Å²) in [6.45, 7) is 2.94. The van der Waals surface area contributed by atoms with E-state index in [1.807, 2.05) is 54.0 Å². The maximum atomic E-state index is 13.0. The quantitative estimate of drug-likeness (QED) is 0.455. The molecule has 160 valence electrons. The van der Waals surface area contributed by atoms with Crippen LogP contribution in [0.3, 0.4) is 0 Å². The van der Waals surface area contributed by atoms with Crippen molar-refractivity contribution < 1.29 is 18.7 Å². The van der Waals surface area contributed by atoms with Crippen LogP contribution in [0.4, 0.5) is 0 Å². The molecule has 0 saturated carbocycles. The van der Waals surface area contributed by atoms with Crippen molar-refractivity contribution in [1.29, 1.82) is 0 Å². The van der Waals surface area contributed by atoms with E-state index < -0.39 is 0 Å². The van der Waals surface area contributed by atoms with E-state index in [9.17, 15) is 4.79 Å². The van der Waals surface area contributed by atoms with Gasteiger partial charge in [0.15, 0.2) is 5.58 Å². The number of methoxy groups -OCH3 is 2. The minimum absolute atomic E-state index is 0.130. The largest absolute Gasteiger partial charge is 0.497 e. The average Bonchev–Trinajstić information content (AvgIpc) is 3.31. The Morgan fingerprint density at radius 2 is 1.68 bits per heavy atom. The second kappa shape index (κ2) is 9.00. The molecule has 0 saturated heterocycles. The predicted molar refractivity (Wildman–Crippen MR) is 120 cm³/mol. The Bertz CT molecular complexity index is 1170. The number of aromatic nitrogens is 1. The molecule has 2 aromatic carbocycles. The number of hydrogen-bond acceptors (Lipinski definition) is 4. The number of rotatable bonds is 8. The molecule has 1 amide bonds. The summed E-state index contributed by atoms with van der Waals surface area (Å²) in [6.07, 6.45) is 0.773. The molecule has 0 radical (unpaired) electrons. The number of fused-ring (bicyclic) bond motifs is 1. The highest BCUT2D eigenvalue weighted by molar-refractivity contribution is 5.97. The van der Waals surface area contributed by atoms with E-state index in [1.165, 1.54) is 5.56 Å². The molecule has 2 aromatic heterocycles. The van der Waals surface area contributed by atoms with Gasteiger partial charge in [-0.15, -0.1) is 0 Å². The van der Waals surface area contributed by atoms with Crippen LogP contribution in [0.1, 0.15) is 27.4 Å². The number of aryl methyl sites for hydroxylation is 1. The summed E-state index contributed by atoms with van der Waals surface area (Å²) >= 11 is 0. The van der Waals surface area contributed by atoms with Gasteiger partial charge in [-0.05, 0) is 36.6 Å². The first-order valence-corrected chi connectivity index (χ1v) is 10.2. The number of benzene rings is 2. The van der Waals surface area contributed by atoms with Crippen LogP contribution >= 0.6 is 0 Å². The van der Waals surface area contributed by atoms with Crippen molar-refractivity contribution in [2.24, 2.45) is 0 Å². The number of nitrogens with one attached hydrogen (secondary N) is 1. The topological polar surface area (TPSA) is 65.6 Å². The molecule has 0 spiro atoms. The molecule has 0 aliphatic rings. The lowest BCUT2D eigenvalue weighted by Crippen LogP contribution is -2.28. The predicted octanol–water partition coefficient (Wildman–Crippen LogP) is 4.58. The highest BCUT2D eigenvalue weighted by Crippen LogP contribution is 2.28. The summed E-state index contributed by atoms with van der Waals surface area (Å²) in [5.41, 5.74) is 4.29. The normalized spacial score (nSPS) is 10.9. The van der Waals surface area contributed by atoms with Crippen LogP contribution < -0.4 is 14.8 Å². The Morgan fingerprint density at radius 1 is 0.968 bits per heavy atom. The van der Waals surface area contributed by atoms with Gasteiger partial charge in [-0.3, -0.25) is 4.79 Å². The Kier molecular flexibility index (Phi) is 5.98. The molecule has 0 aliphatic heterocycles. The van der Waals surface area contributed by atoms with Gasteiger partial charge in [0.05, 0.1) is 19.7 Å². The molecule has 6 nitrogen and oxygen atoms in total. The molecule has 0 bridgehead atoms. The third kappa shape index (κ3) is 4.58. The lowest BCUT2D eigenvalue weighted by molar-refractivity contribution is 0.0945. The molecule has 0 unspecified atom stereocenters. The molecule has 4 aromatic rings. The first-order valence-electron chi connectivity index (χ1n) is 10.2. The summed E-state index contributed by atoms with van der Waals surface area (Å²) in [7, 11) is 3.24. The van der Waals surface area contributed by atoms with Gasteiger partial charge in [-0.25, -0.2) is 0 Å².